The van der Waals surface area contributed by atoms with Gasteiger partial charge in [-0.05, 0) is 30.9 Å². The van der Waals surface area contributed by atoms with Crippen LogP contribution in [0, 0.1) is 5.92 Å². The molecule has 0 spiro atoms. The highest BCUT2D eigenvalue weighted by molar-refractivity contribution is 7.91. The van der Waals surface area contributed by atoms with Crippen molar-refractivity contribution in [3.63, 3.8) is 0 Å². The zero-order chi connectivity index (χ0) is 13.3. The van der Waals surface area contributed by atoms with Crippen LogP contribution in [0.3, 0.4) is 0 Å². The Kier molecular flexibility index (Phi) is 4.05. The lowest BCUT2D eigenvalue weighted by molar-refractivity contribution is 0.288. The van der Waals surface area contributed by atoms with Crippen LogP contribution < -0.4 is 5.73 Å². The Balaban J connectivity index is 2.22. The highest BCUT2D eigenvalue weighted by Crippen LogP contribution is 2.28. The van der Waals surface area contributed by atoms with E-state index in [1.165, 1.54) is 0 Å². The average molecular weight is 304 g/mol. The van der Waals surface area contributed by atoms with Crippen LogP contribution in [0.15, 0.2) is 16.3 Å². The maximum absolute atomic E-state index is 12.4. The van der Waals surface area contributed by atoms with Crippen molar-refractivity contribution in [1.82, 2.24) is 4.31 Å². The van der Waals surface area contributed by atoms with Crippen LogP contribution in [0.1, 0.15) is 24.6 Å². The van der Waals surface area contributed by atoms with E-state index in [-0.39, 0.29) is 4.99 Å². The summed E-state index contributed by atoms with van der Waals surface area (Å²) >= 11 is 6.00. The van der Waals surface area contributed by atoms with Gasteiger partial charge in [-0.25, -0.2) is 8.42 Å². The molecule has 0 atom stereocenters. The van der Waals surface area contributed by atoms with Crippen molar-refractivity contribution in [1.29, 1.82) is 0 Å². The third-order valence-corrected chi connectivity index (χ3v) is 6.99. The van der Waals surface area contributed by atoms with Gasteiger partial charge in [0.05, 0.1) is 4.88 Å². The van der Waals surface area contributed by atoms with E-state index in [0.717, 1.165) is 24.2 Å². The Morgan fingerprint density at radius 2 is 2.06 bits per heavy atom. The van der Waals surface area contributed by atoms with Crippen LogP contribution in [0.4, 0.5) is 0 Å². The van der Waals surface area contributed by atoms with E-state index in [1.807, 2.05) is 0 Å². The molecule has 2 N–H and O–H groups in total. The Labute approximate surface area is 117 Å². The largest absolute Gasteiger partial charge is 0.389 e. The maximum atomic E-state index is 12.4. The smallest absolute Gasteiger partial charge is 0.252 e. The molecule has 1 fully saturated rings. The standard InChI is InChI=1S/C11H16N2O2S3/c1-8-4-6-13(7-5-8)18(14,15)10-3-2-9(17-10)11(12)16/h2-3,8H,4-7H2,1H3,(H2,12,16). The van der Waals surface area contributed by atoms with Crippen molar-refractivity contribution in [2.24, 2.45) is 11.7 Å². The molecule has 18 heavy (non-hydrogen) atoms. The van der Waals surface area contributed by atoms with Gasteiger partial charge in [-0.2, -0.15) is 4.31 Å². The quantitative estimate of drug-likeness (QED) is 0.865. The maximum Gasteiger partial charge on any atom is 0.252 e. The van der Waals surface area contributed by atoms with E-state index in [4.69, 9.17) is 18.0 Å². The number of thiophene rings is 1. The average Bonchev–Trinajstić information content (AvgIpc) is 2.79. The second-order valence-electron chi connectivity index (χ2n) is 4.57. The number of rotatable bonds is 3. The fourth-order valence-electron chi connectivity index (χ4n) is 1.94. The first-order chi connectivity index (χ1) is 8.41. The second-order valence-corrected chi connectivity index (χ2v) is 8.26. The molecule has 0 amide bonds. The van der Waals surface area contributed by atoms with E-state index >= 15 is 0 Å². The summed E-state index contributed by atoms with van der Waals surface area (Å²) in [5.41, 5.74) is 5.50. The third-order valence-electron chi connectivity index (χ3n) is 3.16. The predicted octanol–water partition coefficient (Wildman–Crippen LogP) is 1.80. The van der Waals surface area contributed by atoms with Crippen molar-refractivity contribution in [2.75, 3.05) is 13.1 Å². The van der Waals surface area contributed by atoms with E-state index in [9.17, 15) is 8.42 Å². The monoisotopic (exact) mass is 304 g/mol. The molecule has 0 aliphatic carbocycles. The summed E-state index contributed by atoms with van der Waals surface area (Å²) in [6.07, 6.45) is 1.85. The molecule has 0 radical (unpaired) electrons. The first-order valence-corrected chi connectivity index (χ1v) is 8.47. The molecular formula is C11H16N2O2S3. The second kappa shape index (κ2) is 5.24. The van der Waals surface area contributed by atoms with E-state index in [2.05, 4.69) is 6.92 Å². The van der Waals surface area contributed by atoms with E-state index < -0.39 is 10.0 Å². The SMILES string of the molecule is CC1CCN(S(=O)(=O)c2ccc(C(N)=S)s2)CC1. The molecule has 1 aromatic rings. The molecule has 2 rings (SSSR count). The Hall–Kier alpha value is -0.500. The lowest BCUT2D eigenvalue weighted by Gasteiger charge is -2.28. The molecule has 1 aliphatic heterocycles. The molecule has 1 aliphatic rings. The summed E-state index contributed by atoms with van der Waals surface area (Å²) in [7, 11) is -3.36. The fourth-order valence-corrected chi connectivity index (χ4v) is 4.92. The summed E-state index contributed by atoms with van der Waals surface area (Å²) in [4.78, 5) is 0.891. The van der Waals surface area contributed by atoms with Crippen LogP contribution in [-0.2, 0) is 10.0 Å². The summed E-state index contributed by atoms with van der Waals surface area (Å²) in [6.45, 7) is 3.35. The van der Waals surface area contributed by atoms with E-state index in [0.29, 0.717) is 28.1 Å². The minimum Gasteiger partial charge on any atom is -0.389 e. The Morgan fingerprint density at radius 1 is 1.44 bits per heavy atom. The van der Waals surface area contributed by atoms with Crippen LogP contribution in [-0.4, -0.2) is 30.8 Å². The summed E-state index contributed by atoms with van der Waals surface area (Å²) in [5, 5.41) is 0. The molecule has 100 valence electrons. The molecule has 2 heterocycles. The van der Waals surface area contributed by atoms with Gasteiger partial charge in [0.15, 0.2) is 0 Å². The minimum absolute atomic E-state index is 0.244. The van der Waals surface area contributed by atoms with Crippen molar-refractivity contribution in [3.05, 3.63) is 17.0 Å². The normalized spacial score (nSPS) is 18.9. The Morgan fingerprint density at radius 3 is 2.56 bits per heavy atom. The first kappa shape index (κ1) is 13.9. The topological polar surface area (TPSA) is 63.4 Å². The zero-order valence-corrected chi connectivity index (χ0v) is 12.6. The third kappa shape index (κ3) is 2.74. The molecule has 0 bridgehead atoms. The fraction of sp³-hybridized carbons (Fsp3) is 0.545. The van der Waals surface area contributed by atoms with Crippen molar-refractivity contribution in [3.8, 4) is 0 Å². The first-order valence-electron chi connectivity index (χ1n) is 5.81. The number of nitrogens with zero attached hydrogens (tertiary/aromatic N) is 1. The predicted molar refractivity (Wildman–Crippen MR) is 77.4 cm³/mol. The molecule has 7 heteroatoms. The lowest BCUT2D eigenvalue weighted by Crippen LogP contribution is -2.37. The Bertz CT molecular complexity index is 542. The number of thiocarbonyl (C=S) groups is 1. The van der Waals surface area contributed by atoms with Gasteiger partial charge in [-0.15, -0.1) is 11.3 Å². The molecule has 1 aromatic heterocycles. The summed E-state index contributed by atoms with van der Waals surface area (Å²) in [5.74, 6) is 0.604. The number of nitrogens with two attached hydrogens (primary N) is 1. The molecule has 4 nitrogen and oxygen atoms in total. The summed E-state index contributed by atoms with van der Waals surface area (Å²) in [6, 6.07) is 3.26. The van der Waals surface area contributed by atoms with Crippen LogP contribution in [0.2, 0.25) is 0 Å². The highest BCUT2D eigenvalue weighted by atomic mass is 32.2. The number of hydrogen-bond acceptors (Lipinski definition) is 4. The lowest BCUT2D eigenvalue weighted by atomic mass is 10.0. The number of sulfonamides is 1. The van der Waals surface area contributed by atoms with Crippen molar-refractivity contribution < 1.29 is 8.42 Å². The van der Waals surface area contributed by atoms with Gasteiger partial charge in [-0.3, -0.25) is 0 Å². The molecule has 0 saturated carbocycles. The molecule has 0 unspecified atom stereocenters. The molecule has 1 saturated heterocycles. The molecular weight excluding hydrogens is 288 g/mol. The van der Waals surface area contributed by atoms with Gasteiger partial charge in [0, 0.05) is 13.1 Å². The summed E-state index contributed by atoms with van der Waals surface area (Å²) < 4.78 is 26.7. The minimum atomic E-state index is -3.36. The zero-order valence-electron chi connectivity index (χ0n) is 10.1. The highest BCUT2D eigenvalue weighted by Gasteiger charge is 2.29. The van der Waals surface area contributed by atoms with Gasteiger partial charge >= 0.3 is 0 Å². The van der Waals surface area contributed by atoms with Crippen LogP contribution in [0.25, 0.3) is 0 Å². The van der Waals surface area contributed by atoms with Gasteiger partial charge in [-0.1, -0.05) is 19.1 Å². The van der Waals surface area contributed by atoms with Crippen molar-refractivity contribution >= 4 is 38.6 Å². The molecule has 0 aromatic carbocycles. The van der Waals surface area contributed by atoms with Gasteiger partial charge < -0.3 is 5.73 Å². The van der Waals surface area contributed by atoms with Crippen molar-refractivity contribution in [2.45, 2.75) is 24.0 Å². The van der Waals surface area contributed by atoms with Gasteiger partial charge in [0.25, 0.3) is 10.0 Å². The van der Waals surface area contributed by atoms with Crippen LogP contribution >= 0.6 is 23.6 Å². The van der Waals surface area contributed by atoms with Gasteiger partial charge in [0.1, 0.15) is 9.20 Å². The van der Waals surface area contributed by atoms with Gasteiger partial charge in [0.2, 0.25) is 0 Å². The number of piperidine rings is 1. The number of hydrogen-bond donors (Lipinski definition) is 1. The van der Waals surface area contributed by atoms with E-state index in [1.54, 1.807) is 16.4 Å². The van der Waals surface area contributed by atoms with Crippen LogP contribution in [0.5, 0.6) is 0 Å².